The molecule has 0 aliphatic heterocycles. The van der Waals surface area contributed by atoms with Crippen LogP contribution in [0, 0.1) is 0 Å². The Labute approximate surface area is 129 Å². The Morgan fingerprint density at radius 2 is 1.77 bits per heavy atom. The minimum atomic E-state index is -3.98. The van der Waals surface area contributed by atoms with Gasteiger partial charge in [-0.2, -0.15) is 0 Å². The van der Waals surface area contributed by atoms with Crippen molar-refractivity contribution in [2.45, 2.75) is 31.1 Å². The van der Waals surface area contributed by atoms with Crippen LogP contribution in [0.5, 0.6) is 0 Å². The molecule has 0 aromatic heterocycles. The summed E-state index contributed by atoms with van der Waals surface area (Å²) in [5.74, 6) is -1.46. The third-order valence-corrected chi connectivity index (χ3v) is 4.59. The SMILES string of the molecule is CCOC(=O)/C=C(\C)[C@@H](OC(C)=O)S(=O)(=O)c1ccccc1. The second kappa shape index (κ2) is 7.74. The molecule has 0 aliphatic rings. The minimum Gasteiger partial charge on any atom is -0.463 e. The normalized spacial score (nSPS) is 13.3. The van der Waals surface area contributed by atoms with Gasteiger partial charge in [0.05, 0.1) is 11.5 Å². The summed E-state index contributed by atoms with van der Waals surface area (Å²) in [6.45, 7) is 4.29. The maximum absolute atomic E-state index is 12.6. The van der Waals surface area contributed by atoms with Crippen LogP contribution in [0.2, 0.25) is 0 Å². The highest BCUT2D eigenvalue weighted by Crippen LogP contribution is 2.22. The summed E-state index contributed by atoms with van der Waals surface area (Å²) >= 11 is 0. The van der Waals surface area contributed by atoms with E-state index in [9.17, 15) is 18.0 Å². The smallest absolute Gasteiger partial charge is 0.330 e. The Bertz CT molecular complexity index is 661. The molecule has 0 bridgehead atoms. The number of esters is 2. The summed E-state index contributed by atoms with van der Waals surface area (Å²) in [7, 11) is -3.98. The first-order chi connectivity index (χ1) is 10.3. The zero-order valence-corrected chi connectivity index (χ0v) is 13.4. The average molecular weight is 326 g/mol. The van der Waals surface area contributed by atoms with Gasteiger partial charge in [0.25, 0.3) is 0 Å². The highest BCUT2D eigenvalue weighted by molar-refractivity contribution is 7.92. The van der Waals surface area contributed by atoms with E-state index in [1.165, 1.54) is 19.1 Å². The number of benzene rings is 1. The lowest BCUT2D eigenvalue weighted by Gasteiger charge is -2.18. The third-order valence-electron chi connectivity index (χ3n) is 2.63. The molecule has 0 unspecified atom stereocenters. The van der Waals surface area contributed by atoms with E-state index in [2.05, 4.69) is 0 Å². The second-order valence-corrected chi connectivity index (χ2v) is 6.43. The van der Waals surface area contributed by atoms with E-state index in [4.69, 9.17) is 9.47 Å². The Hall–Kier alpha value is -2.15. The zero-order valence-electron chi connectivity index (χ0n) is 12.6. The molecule has 0 fully saturated rings. The number of sulfone groups is 1. The fourth-order valence-corrected chi connectivity index (χ4v) is 3.33. The maximum atomic E-state index is 12.6. The molecule has 0 saturated carbocycles. The van der Waals surface area contributed by atoms with Crippen molar-refractivity contribution in [1.29, 1.82) is 0 Å². The minimum absolute atomic E-state index is 0.00198. The molecule has 0 amide bonds. The van der Waals surface area contributed by atoms with Gasteiger partial charge in [-0.3, -0.25) is 4.79 Å². The van der Waals surface area contributed by atoms with Gasteiger partial charge < -0.3 is 9.47 Å². The lowest BCUT2D eigenvalue weighted by atomic mass is 10.3. The van der Waals surface area contributed by atoms with Crippen LogP contribution in [0.3, 0.4) is 0 Å². The van der Waals surface area contributed by atoms with Gasteiger partial charge >= 0.3 is 11.9 Å². The van der Waals surface area contributed by atoms with Crippen LogP contribution in [0.15, 0.2) is 46.9 Å². The van der Waals surface area contributed by atoms with Crippen LogP contribution < -0.4 is 0 Å². The molecular weight excluding hydrogens is 308 g/mol. The van der Waals surface area contributed by atoms with Crippen molar-refractivity contribution < 1.29 is 27.5 Å². The highest BCUT2D eigenvalue weighted by atomic mass is 32.2. The van der Waals surface area contributed by atoms with Crippen LogP contribution >= 0.6 is 0 Å². The van der Waals surface area contributed by atoms with Crippen molar-refractivity contribution in [1.82, 2.24) is 0 Å². The van der Waals surface area contributed by atoms with Crippen molar-refractivity contribution in [3.63, 3.8) is 0 Å². The van der Waals surface area contributed by atoms with E-state index in [0.717, 1.165) is 13.0 Å². The molecular formula is C15H18O6S. The van der Waals surface area contributed by atoms with Gasteiger partial charge in [-0.05, 0) is 31.6 Å². The van der Waals surface area contributed by atoms with E-state index in [-0.39, 0.29) is 17.1 Å². The summed E-state index contributed by atoms with van der Waals surface area (Å²) in [4.78, 5) is 22.7. The lowest BCUT2D eigenvalue weighted by Crippen LogP contribution is -2.28. The van der Waals surface area contributed by atoms with Crippen molar-refractivity contribution in [2.24, 2.45) is 0 Å². The molecule has 0 aliphatic carbocycles. The van der Waals surface area contributed by atoms with Crippen molar-refractivity contribution in [2.75, 3.05) is 6.61 Å². The van der Waals surface area contributed by atoms with E-state index >= 15 is 0 Å². The molecule has 0 radical (unpaired) electrons. The molecule has 1 rings (SSSR count). The lowest BCUT2D eigenvalue weighted by molar-refractivity contribution is -0.142. The van der Waals surface area contributed by atoms with Crippen molar-refractivity contribution in [3.05, 3.63) is 42.0 Å². The van der Waals surface area contributed by atoms with Crippen LogP contribution in [0.1, 0.15) is 20.8 Å². The first kappa shape index (κ1) is 17.9. The molecule has 120 valence electrons. The Morgan fingerprint density at radius 1 is 1.18 bits per heavy atom. The predicted molar refractivity (Wildman–Crippen MR) is 79.6 cm³/mol. The van der Waals surface area contributed by atoms with E-state index in [1.807, 2.05) is 0 Å². The first-order valence-electron chi connectivity index (χ1n) is 6.60. The van der Waals surface area contributed by atoms with Gasteiger partial charge in [0.15, 0.2) is 0 Å². The van der Waals surface area contributed by atoms with Gasteiger partial charge in [0, 0.05) is 13.0 Å². The summed E-state index contributed by atoms with van der Waals surface area (Å²) in [5.41, 5.74) is -1.51. The average Bonchev–Trinajstić information content (AvgIpc) is 2.45. The van der Waals surface area contributed by atoms with E-state index in [1.54, 1.807) is 25.1 Å². The van der Waals surface area contributed by atoms with Gasteiger partial charge in [-0.15, -0.1) is 0 Å². The number of rotatable bonds is 6. The van der Waals surface area contributed by atoms with Crippen LogP contribution in [-0.4, -0.2) is 32.4 Å². The van der Waals surface area contributed by atoms with Gasteiger partial charge in [0.2, 0.25) is 15.3 Å². The number of hydrogen-bond acceptors (Lipinski definition) is 6. The Kier molecular flexibility index (Phi) is 6.30. The highest BCUT2D eigenvalue weighted by Gasteiger charge is 2.32. The van der Waals surface area contributed by atoms with Crippen LogP contribution in [-0.2, 0) is 28.9 Å². The third kappa shape index (κ3) is 4.70. The fourth-order valence-electron chi connectivity index (χ4n) is 1.72. The van der Waals surface area contributed by atoms with E-state index in [0.29, 0.717) is 0 Å². The summed E-state index contributed by atoms with van der Waals surface area (Å²) in [6, 6.07) is 7.57. The monoisotopic (exact) mass is 326 g/mol. The quantitative estimate of drug-likeness (QED) is 0.586. The first-order valence-corrected chi connectivity index (χ1v) is 8.14. The molecule has 1 atom stereocenters. The Balaban J connectivity index is 3.23. The number of carbonyl (C=O) groups is 2. The molecule has 0 heterocycles. The topological polar surface area (TPSA) is 86.7 Å². The molecule has 7 heteroatoms. The van der Waals surface area contributed by atoms with Crippen molar-refractivity contribution >= 4 is 21.8 Å². The summed E-state index contributed by atoms with van der Waals surface area (Å²) < 4.78 is 34.8. The van der Waals surface area contributed by atoms with Gasteiger partial charge in [0.1, 0.15) is 0 Å². The maximum Gasteiger partial charge on any atom is 0.330 e. The molecule has 0 N–H and O–H groups in total. The predicted octanol–water partition coefficient (Wildman–Crippen LogP) is 1.86. The molecule has 0 saturated heterocycles. The standard InChI is InChI=1S/C15H18O6S/c1-4-20-14(17)10-11(2)15(21-12(3)16)22(18,19)13-8-6-5-7-9-13/h5-10,15H,4H2,1-3H3/b11-10+/t15-/m0/s1. The molecule has 1 aromatic carbocycles. The largest absolute Gasteiger partial charge is 0.463 e. The number of ether oxygens (including phenoxy) is 2. The summed E-state index contributed by atoms with van der Waals surface area (Å²) in [6.07, 6.45) is 1.01. The van der Waals surface area contributed by atoms with Crippen LogP contribution in [0.25, 0.3) is 0 Å². The molecule has 22 heavy (non-hydrogen) atoms. The number of hydrogen-bond donors (Lipinski definition) is 0. The van der Waals surface area contributed by atoms with Gasteiger partial charge in [-0.1, -0.05) is 18.2 Å². The van der Waals surface area contributed by atoms with E-state index < -0.39 is 27.2 Å². The second-order valence-electron chi connectivity index (χ2n) is 4.44. The number of carbonyl (C=O) groups excluding carboxylic acids is 2. The summed E-state index contributed by atoms with van der Waals surface area (Å²) in [5, 5.41) is 0. The zero-order chi connectivity index (χ0) is 16.8. The Morgan fingerprint density at radius 3 is 2.27 bits per heavy atom. The molecule has 0 spiro atoms. The van der Waals surface area contributed by atoms with Gasteiger partial charge in [-0.25, -0.2) is 13.2 Å². The molecule has 6 nitrogen and oxygen atoms in total. The molecule has 1 aromatic rings. The fraction of sp³-hybridized carbons (Fsp3) is 0.333. The van der Waals surface area contributed by atoms with Crippen molar-refractivity contribution in [3.8, 4) is 0 Å². The van der Waals surface area contributed by atoms with Crippen LogP contribution in [0.4, 0.5) is 0 Å².